The first-order chi connectivity index (χ1) is 11.6. The zero-order chi connectivity index (χ0) is 17.4. The number of amides is 1. The summed E-state index contributed by atoms with van der Waals surface area (Å²) < 4.78 is 15.3. The highest BCUT2D eigenvalue weighted by atomic mass is 16.6. The molecule has 0 aliphatic heterocycles. The van der Waals surface area contributed by atoms with Gasteiger partial charge in [-0.3, -0.25) is 4.79 Å². The molecule has 0 unspecified atom stereocenters. The average molecular weight is 328 g/mol. The van der Waals surface area contributed by atoms with Crippen LogP contribution in [0.2, 0.25) is 0 Å². The van der Waals surface area contributed by atoms with E-state index in [9.17, 15) is 9.59 Å². The molecule has 0 saturated carbocycles. The van der Waals surface area contributed by atoms with E-state index in [4.69, 9.17) is 19.2 Å². The molecule has 1 aromatic carbocycles. The molecule has 0 spiro atoms. The fourth-order valence-corrected chi connectivity index (χ4v) is 1.78. The molecule has 2 aromatic rings. The quantitative estimate of drug-likeness (QED) is 0.777. The van der Waals surface area contributed by atoms with Gasteiger partial charge in [-0.2, -0.15) is 5.26 Å². The first kappa shape index (κ1) is 17.1. The summed E-state index contributed by atoms with van der Waals surface area (Å²) in [5, 5.41) is 11.3. The van der Waals surface area contributed by atoms with Gasteiger partial charge in [0.15, 0.2) is 12.7 Å². The van der Waals surface area contributed by atoms with Crippen molar-refractivity contribution in [2.75, 3.05) is 6.61 Å². The Kier molecular flexibility index (Phi) is 5.97. The third kappa shape index (κ3) is 5.18. The summed E-state index contributed by atoms with van der Waals surface area (Å²) in [5.41, 5.74) is 0.492. The molecule has 1 N–H and O–H groups in total. The van der Waals surface area contributed by atoms with Crippen molar-refractivity contribution in [3.63, 3.8) is 0 Å². The number of rotatable bonds is 7. The largest absolute Gasteiger partial charge is 0.482 e. The SMILES string of the molecule is C[C@H](OC(=O)COc1ccc(C#N)cc1)C(=O)NCc1ccco1. The molecule has 1 heterocycles. The van der Waals surface area contributed by atoms with Gasteiger partial charge in [0.05, 0.1) is 24.4 Å². The number of hydrogen-bond acceptors (Lipinski definition) is 6. The number of carbonyl (C=O) groups excluding carboxylic acids is 2. The maximum Gasteiger partial charge on any atom is 0.344 e. The van der Waals surface area contributed by atoms with Crippen LogP contribution in [0, 0.1) is 11.3 Å². The van der Waals surface area contributed by atoms with E-state index in [1.807, 2.05) is 6.07 Å². The second kappa shape index (κ2) is 8.39. The van der Waals surface area contributed by atoms with E-state index in [2.05, 4.69) is 5.32 Å². The van der Waals surface area contributed by atoms with Gasteiger partial charge in [-0.1, -0.05) is 0 Å². The van der Waals surface area contributed by atoms with E-state index in [1.54, 1.807) is 36.4 Å². The highest BCUT2D eigenvalue weighted by Crippen LogP contribution is 2.11. The second-order valence-electron chi connectivity index (χ2n) is 4.85. The number of nitriles is 1. The maximum absolute atomic E-state index is 11.8. The Balaban J connectivity index is 1.72. The minimum absolute atomic E-state index is 0.218. The molecule has 7 nitrogen and oxygen atoms in total. The van der Waals surface area contributed by atoms with Gasteiger partial charge < -0.3 is 19.2 Å². The van der Waals surface area contributed by atoms with Gasteiger partial charge in [-0.25, -0.2) is 4.79 Å². The van der Waals surface area contributed by atoms with E-state index in [-0.39, 0.29) is 13.2 Å². The third-order valence-electron chi connectivity index (χ3n) is 3.03. The average Bonchev–Trinajstić information content (AvgIpc) is 3.11. The lowest BCUT2D eigenvalue weighted by atomic mass is 10.2. The molecule has 0 radical (unpaired) electrons. The van der Waals surface area contributed by atoms with Crippen molar-refractivity contribution in [2.45, 2.75) is 19.6 Å². The minimum atomic E-state index is -0.947. The summed E-state index contributed by atoms with van der Waals surface area (Å²) in [6.07, 6.45) is 0.558. The van der Waals surface area contributed by atoms with Crippen LogP contribution in [-0.4, -0.2) is 24.6 Å². The number of esters is 1. The van der Waals surface area contributed by atoms with Crippen molar-refractivity contribution < 1.29 is 23.5 Å². The molecule has 2 rings (SSSR count). The Morgan fingerprint density at radius 3 is 2.67 bits per heavy atom. The zero-order valence-electron chi connectivity index (χ0n) is 13.0. The lowest BCUT2D eigenvalue weighted by Crippen LogP contribution is -2.36. The fraction of sp³-hybridized carbons (Fsp3) is 0.235. The molecule has 1 aromatic heterocycles. The van der Waals surface area contributed by atoms with Crippen molar-refractivity contribution in [1.82, 2.24) is 5.32 Å². The Hall–Kier alpha value is -3.27. The van der Waals surface area contributed by atoms with Gasteiger partial charge in [-0.05, 0) is 43.3 Å². The molecular weight excluding hydrogens is 312 g/mol. The van der Waals surface area contributed by atoms with Gasteiger partial charge in [0.25, 0.3) is 5.91 Å². The van der Waals surface area contributed by atoms with Crippen molar-refractivity contribution in [3.05, 3.63) is 54.0 Å². The van der Waals surface area contributed by atoms with Crippen molar-refractivity contribution in [3.8, 4) is 11.8 Å². The first-order valence-corrected chi connectivity index (χ1v) is 7.21. The van der Waals surface area contributed by atoms with E-state index in [0.29, 0.717) is 17.1 Å². The molecule has 0 aliphatic carbocycles. The normalized spacial score (nSPS) is 11.2. The summed E-state index contributed by atoms with van der Waals surface area (Å²) in [4.78, 5) is 23.5. The molecule has 7 heteroatoms. The van der Waals surface area contributed by atoms with Gasteiger partial charge in [0.2, 0.25) is 0 Å². The first-order valence-electron chi connectivity index (χ1n) is 7.21. The molecule has 24 heavy (non-hydrogen) atoms. The van der Waals surface area contributed by atoms with Crippen LogP contribution >= 0.6 is 0 Å². The Bertz CT molecular complexity index is 716. The summed E-state index contributed by atoms with van der Waals surface area (Å²) in [6.45, 7) is 1.36. The summed E-state index contributed by atoms with van der Waals surface area (Å²) in [7, 11) is 0. The van der Waals surface area contributed by atoms with Crippen LogP contribution in [0.15, 0.2) is 47.1 Å². The van der Waals surface area contributed by atoms with Crippen molar-refractivity contribution in [1.29, 1.82) is 5.26 Å². The van der Waals surface area contributed by atoms with Gasteiger partial charge in [0, 0.05) is 0 Å². The van der Waals surface area contributed by atoms with Gasteiger partial charge in [-0.15, -0.1) is 0 Å². The van der Waals surface area contributed by atoms with E-state index in [1.165, 1.54) is 13.2 Å². The van der Waals surface area contributed by atoms with E-state index >= 15 is 0 Å². The zero-order valence-corrected chi connectivity index (χ0v) is 13.0. The van der Waals surface area contributed by atoms with Crippen molar-refractivity contribution >= 4 is 11.9 Å². The monoisotopic (exact) mass is 328 g/mol. The number of benzene rings is 1. The molecule has 0 bridgehead atoms. The van der Waals surface area contributed by atoms with Crippen LogP contribution < -0.4 is 10.1 Å². The van der Waals surface area contributed by atoms with Crippen LogP contribution in [0.3, 0.4) is 0 Å². The lowest BCUT2D eigenvalue weighted by Gasteiger charge is -2.13. The topological polar surface area (TPSA) is 102 Å². The van der Waals surface area contributed by atoms with Gasteiger partial charge in [0.1, 0.15) is 11.5 Å². The van der Waals surface area contributed by atoms with Crippen LogP contribution in [0.4, 0.5) is 0 Å². The summed E-state index contributed by atoms with van der Waals surface area (Å²) in [5.74, 6) is -0.0648. The van der Waals surface area contributed by atoms with Crippen LogP contribution in [0.25, 0.3) is 0 Å². The number of ether oxygens (including phenoxy) is 2. The highest BCUT2D eigenvalue weighted by molar-refractivity contribution is 5.83. The van der Waals surface area contributed by atoms with Crippen LogP contribution in [0.5, 0.6) is 5.75 Å². The molecule has 124 valence electrons. The summed E-state index contributed by atoms with van der Waals surface area (Å²) >= 11 is 0. The van der Waals surface area contributed by atoms with Crippen LogP contribution in [-0.2, 0) is 20.9 Å². The van der Waals surface area contributed by atoms with E-state index < -0.39 is 18.0 Å². The molecule has 1 amide bonds. The lowest BCUT2D eigenvalue weighted by molar-refractivity contribution is -0.156. The standard InChI is InChI=1S/C17H16N2O5/c1-12(17(21)19-10-15-3-2-8-22-15)24-16(20)11-23-14-6-4-13(9-18)5-7-14/h2-8,12H,10-11H2,1H3,(H,19,21)/t12-/m0/s1. The Labute approximate surface area is 138 Å². The second-order valence-corrected chi connectivity index (χ2v) is 4.85. The van der Waals surface area contributed by atoms with Crippen molar-refractivity contribution in [2.24, 2.45) is 0 Å². The molecule has 0 fully saturated rings. The van der Waals surface area contributed by atoms with Gasteiger partial charge >= 0.3 is 5.97 Å². The number of nitrogens with zero attached hydrogens (tertiary/aromatic N) is 1. The predicted octanol–water partition coefficient (Wildman–Crippen LogP) is 1.78. The maximum atomic E-state index is 11.8. The summed E-state index contributed by atoms with van der Waals surface area (Å²) in [6, 6.07) is 11.7. The molecule has 1 atom stereocenters. The minimum Gasteiger partial charge on any atom is -0.482 e. The predicted molar refractivity (Wildman–Crippen MR) is 82.8 cm³/mol. The third-order valence-corrected chi connectivity index (χ3v) is 3.03. The fourth-order valence-electron chi connectivity index (χ4n) is 1.78. The molecule has 0 saturated heterocycles. The number of nitrogens with one attached hydrogen (secondary N) is 1. The smallest absolute Gasteiger partial charge is 0.344 e. The number of hydrogen-bond donors (Lipinski definition) is 1. The van der Waals surface area contributed by atoms with E-state index in [0.717, 1.165) is 0 Å². The van der Waals surface area contributed by atoms with Crippen LogP contribution in [0.1, 0.15) is 18.2 Å². The molecule has 0 aliphatic rings. The Morgan fingerprint density at radius 2 is 2.04 bits per heavy atom. The number of carbonyl (C=O) groups is 2. The molecular formula is C17H16N2O5. The Morgan fingerprint density at radius 1 is 1.29 bits per heavy atom. The number of furan rings is 1. The highest BCUT2D eigenvalue weighted by Gasteiger charge is 2.18.